The van der Waals surface area contributed by atoms with Crippen LogP contribution in [0.1, 0.15) is 24.6 Å². The van der Waals surface area contributed by atoms with Gasteiger partial charge in [0.15, 0.2) is 0 Å². The molecule has 1 fully saturated rings. The van der Waals surface area contributed by atoms with Crippen molar-refractivity contribution in [3.63, 3.8) is 0 Å². The number of hydrogen-bond donors (Lipinski definition) is 1. The maximum absolute atomic E-state index is 5.58. The summed E-state index contributed by atoms with van der Waals surface area (Å²) < 4.78 is 0. The lowest BCUT2D eigenvalue weighted by Crippen LogP contribution is -2.21. The summed E-state index contributed by atoms with van der Waals surface area (Å²) in [5.41, 5.74) is 7.51. The van der Waals surface area contributed by atoms with Crippen LogP contribution >= 0.6 is 12.2 Å². The van der Waals surface area contributed by atoms with Gasteiger partial charge in [-0.1, -0.05) is 19.1 Å². The van der Waals surface area contributed by atoms with Crippen LogP contribution in [0.2, 0.25) is 0 Å². The lowest BCUT2D eigenvalue weighted by atomic mass is 10.2. The number of hydrogen-bond acceptors (Lipinski definition) is 3. The van der Waals surface area contributed by atoms with Gasteiger partial charge >= 0.3 is 0 Å². The van der Waals surface area contributed by atoms with Crippen molar-refractivity contribution in [1.29, 1.82) is 0 Å². The first-order chi connectivity index (χ1) is 8.06. The molecule has 1 aliphatic rings. The van der Waals surface area contributed by atoms with Crippen molar-refractivity contribution in [1.82, 2.24) is 9.88 Å². The second kappa shape index (κ2) is 5.10. The quantitative estimate of drug-likeness (QED) is 0.808. The zero-order valence-electron chi connectivity index (χ0n) is 10.4. The van der Waals surface area contributed by atoms with Crippen LogP contribution in [0.4, 0.5) is 0 Å². The van der Waals surface area contributed by atoms with E-state index in [-0.39, 0.29) is 0 Å². The Hall–Kier alpha value is -1.00. The summed E-state index contributed by atoms with van der Waals surface area (Å²) in [4.78, 5) is 6.87. The van der Waals surface area contributed by atoms with E-state index in [1.54, 1.807) is 6.20 Å². The molecule has 2 unspecified atom stereocenters. The Balaban J connectivity index is 1.93. The van der Waals surface area contributed by atoms with Crippen molar-refractivity contribution in [2.24, 2.45) is 17.6 Å². The first-order valence-corrected chi connectivity index (χ1v) is 6.40. The molecule has 1 aromatic heterocycles. The van der Waals surface area contributed by atoms with E-state index in [2.05, 4.69) is 23.9 Å². The highest BCUT2D eigenvalue weighted by molar-refractivity contribution is 7.80. The van der Waals surface area contributed by atoms with Gasteiger partial charge in [-0.15, -0.1) is 0 Å². The predicted octanol–water partition coefficient (Wildman–Crippen LogP) is 1.80. The summed E-state index contributed by atoms with van der Waals surface area (Å²) in [6, 6.07) is 4.00. The molecule has 0 amide bonds. The van der Waals surface area contributed by atoms with Gasteiger partial charge in [0.1, 0.15) is 4.99 Å². The Kier molecular flexibility index (Phi) is 3.74. The van der Waals surface area contributed by atoms with Gasteiger partial charge < -0.3 is 10.6 Å². The van der Waals surface area contributed by atoms with Crippen LogP contribution < -0.4 is 5.73 Å². The largest absolute Gasteiger partial charge is 0.388 e. The maximum Gasteiger partial charge on any atom is 0.122 e. The van der Waals surface area contributed by atoms with Crippen LogP contribution in [0.15, 0.2) is 18.3 Å². The number of rotatable bonds is 5. The highest BCUT2D eigenvalue weighted by Crippen LogP contribution is 2.38. The molecular formula is C13H19N3S. The average Bonchev–Trinajstić information content (AvgIpc) is 2.94. The molecule has 2 N–H and O–H groups in total. The Morgan fingerprint density at radius 1 is 1.65 bits per heavy atom. The topological polar surface area (TPSA) is 42.2 Å². The molecule has 0 saturated heterocycles. The van der Waals surface area contributed by atoms with E-state index in [0.717, 1.165) is 18.4 Å². The summed E-state index contributed by atoms with van der Waals surface area (Å²) in [7, 11) is 2.16. The number of nitrogens with two attached hydrogens (primary N) is 1. The molecule has 0 aromatic carbocycles. The normalized spacial score (nSPS) is 22.8. The SMILES string of the molecule is CC1CC1CN(C)Cc1ccnc(C(N)=S)c1. The van der Waals surface area contributed by atoms with E-state index in [0.29, 0.717) is 10.7 Å². The molecule has 2 atom stereocenters. The first-order valence-electron chi connectivity index (χ1n) is 5.99. The van der Waals surface area contributed by atoms with Gasteiger partial charge in [-0.05, 0) is 43.0 Å². The minimum atomic E-state index is 0.366. The van der Waals surface area contributed by atoms with E-state index in [4.69, 9.17) is 18.0 Å². The minimum absolute atomic E-state index is 0.366. The fourth-order valence-electron chi connectivity index (χ4n) is 2.14. The monoisotopic (exact) mass is 249 g/mol. The van der Waals surface area contributed by atoms with Gasteiger partial charge in [0.2, 0.25) is 0 Å². The van der Waals surface area contributed by atoms with Gasteiger partial charge in [0.05, 0.1) is 5.69 Å². The van der Waals surface area contributed by atoms with Crippen molar-refractivity contribution < 1.29 is 0 Å². The third-order valence-corrected chi connectivity index (χ3v) is 3.56. The van der Waals surface area contributed by atoms with Crippen molar-refractivity contribution in [2.45, 2.75) is 19.9 Å². The molecule has 0 bridgehead atoms. The first kappa shape index (κ1) is 12.5. The summed E-state index contributed by atoms with van der Waals surface area (Å²) in [5.74, 6) is 1.79. The molecule has 0 spiro atoms. The summed E-state index contributed by atoms with van der Waals surface area (Å²) in [6.07, 6.45) is 3.15. The third-order valence-electron chi connectivity index (χ3n) is 3.35. The van der Waals surface area contributed by atoms with Crippen molar-refractivity contribution >= 4 is 17.2 Å². The van der Waals surface area contributed by atoms with Crippen molar-refractivity contribution in [3.05, 3.63) is 29.6 Å². The minimum Gasteiger partial charge on any atom is -0.388 e. The molecule has 2 rings (SSSR count). The molecule has 92 valence electrons. The van der Waals surface area contributed by atoms with Crippen LogP contribution in [-0.2, 0) is 6.54 Å². The van der Waals surface area contributed by atoms with E-state index < -0.39 is 0 Å². The predicted molar refractivity (Wildman–Crippen MR) is 73.7 cm³/mol. The second-order valence-electron chi connectivity index (χ2n) is 5.08. The number of aromatic nitrogens is 1. The summed E-state index contributed by atoms with van der Waals surface area (Å²) >= 11 is 4.93. The average molecular weight is 249 g/mol. The smallest absolute Gasteiger partial charge is 0.122 e. The van der Waals surface area contributed by atoms with Crippen LogP contribution in [0.25, 0.3) is 0 Å². The number of pyridine rings is 1. The molecule has 1 aliphatic carbocycles. The van der Waals surface area contributed by atoms with Crippen LogP contribution in [0, 0.1) is 11.8 Å². The summed E-state index contributed by atoms with van der Waals surface area (Å²) in [6.45, 7) is 4.42. The van der Waals surface area contributed by atoms with Gasteiger partial charge in [-0.2, -0.15) is 0 Å². The molecule has 3 nitrogen and oxygen atoms in total. The molecule has 4 heteroatoms. The molecule has 1 heterocycles. The van der Waals surface area contributed by atoms with E-state index in [9.17, 15) is 0 Å². The lowest BCUT2D eigenvalue weighted by Gasteiger charge is -2.16. The van der Waals surface area contributed by atoms with Crippen molar-refractivity contribution in [2.75, 3.05) is 13.6 Å². The van der Waals surface area contributed by atoms with E-state index >= 15 is 0 Å². The van der Waals surface area contributed by atoms with Gasteiger partial charge in [0.25, 0.3) is 0 Å². The van der Waals surface area contributed by atoms with Crippen LogP contribution in [0.3, 0.4) is 0 Å². The third kappa shape index (κ3) is 3.48. The molecule has 1 saturated carbocycles. The Labute approximate surface area is 108 Å². The van der Waals surface area contributed by atoms with E-state index in [1.165, 1.54) is 18.5 Å². The highest BCUT2D eigenvalue weighted by atomic mass is 32.1. The Morgan fingerprint density at radius 2 is 2.35 bits per heavy atom. The maximum atomic E-state index is 5.58. The highest BCUT2D eigenvalue weighted by Gasteiger charge is 2.32. The van der Waals surface area contributed by atoms with Crippen LogP contribution in [-0.4, -0.2) is 28.5 Å². The summed E-state index contributed by atoms with van der Waals surface area (Å²) in [5, 5.41) is 0. The number of thiocarbonyl (C=S) groups is 1. The Morgan fingerprint density at radius 3 is 2.94 bits per heavy atom. The molecule has 17 heavy (non-hydrogen) atoms. The van der Waals surface area contributed by atoms with Gasteiger partial charge in [-0.25, -0.2) is 0 Å². The zero-order valence-corrected chi connectivity index (χ0v) is 11.2. The standard InChI is InChI=1S/C13H19N3S/c1-9-5-11(9)8-16(2)7-10-3-4-15-12(6-10)13(14)17/h3-4,6,9,11H,5,7-8H2,1-2H3,(H2,14,17). The molecule has 1 aromatic rings. The molecular weight excluding hydrogens is 230 g/mol. The fourth-order valence-corrected chi connectivity index (χ4v) is 2.25. The molecule has 0 radical (unpaired) electrons. The van der Waals surface area contributed by atoms with Gasteiger partial charge in [-0.3, -0.25) is 4.98 Å². The van der Waals surface area contributed by atoms with E-state index in [1.807, 2.05) is 12.1 Å². The van der Waals surface area contributed by atoms with Gasteiger partial charge in [0, 0.05) is 19.3 Å². The second-order valence-corrected chi connectivity index (χ2v) is 5.52. The number of nitrogens with zero attached hydrogens (tertiary/aromatic N) is 2. The molecule has 0 aliphatic heterocycles. The zero-order chi connectivity index (χ0) is 12.4. The fraction of sp³-hybridized carbons (Fsp3) is 0.538. The lowest BCUT2D eigenvalue weighted by molar-refractivity contribution is 0.307. The van der Waals surface area contributed by atoms with Crippen molar-refractivity contribution in [3.8, 4) is 0 Å². The van der Waals surface area contributed by atoms with Crippen LogP contribution in [0.5, 0.6) is 0 Å². The Bertz CT molecular complexity index is 419.